The lowest BCUT2D eigenvalue weighted by atomic mass is 9.76. The Morgan fingerprint density at radius 3 is 2.35 bits per heavy atom. The number of hydrogen-bond donors (Lipinski definition) is 0. The number of Topliss-reactive ketones (excluding diaryl/α,β-unsaturated/α-hetero) is 3. The average Bonchev–Trinajstić information content (AvgIpc) is 3.14. The number of aryl methyl sites for hydroxylation is 2. The molecule has 37 heavy (non-hydrogen) atoms. The van der Waals surface area contributed by atoms with Gasteiger partial charge in [0.1, 0.15) is 11.6 Å². The summed E-state index contributed by atoms with van der Waals surface area (Å²) in [5, 5.41) is 0. The van der Waals surface area contributed by atoms with Crippen molar-refractivity contribution in [3.8, 4) is 0 Å². The lowest BCUT2D eigenvalue weighted by Gasteiger charge is -2.27. The molecule has 198 valence electrons. The highest BCUT2D eigenvalue weighted by molar-refractivity contribution is 5.97. The summed E-state index contributed by atoms with van der Waals surface area (Å²) in [6, 6.07) is 16.4. The molecule has 2 aromatic rings. The molecule has 1 aliphatic rings. The molecule has 0 amide bonds. The Balaban J connectivity index is 1.74. The Kier molecular flexibility index (Phi) is 10.6. The SMILES string of the molecule is C=C(Cc1ccccc1C)C(=O)C1CCCC(C(=O)CC)CC1CCC(=O)C(C)c1ccc(CC)cc1. The van der Waals surface area contributed by atoms with E-state index in [-0.39, 0.29) is 41.0 Å². The topological polar surface area (TPSA) is 51.2 Å². The molecule has 3 nitrogen and oxygen atoms in total. The van der Waals surface area contributed by atoms with Crippen LogP contribution in [-0.2, 0) is 27.2 Å². The van der Waals surface area contributed by atoms with Gasteiger partial charge in [0.15, 0.2) is 5.78 Å². The molecule has 1 aliphatic carbocycles. The van der Waals surface area contributed by atoms with Gasteiger partial charge in [0.05, 0.1) is 0 Å². The Morgan fingerprint density at radius 1 is 1.00 bits per heavy atom. The molecule has 4 atom stereocenters. The molecule has 3 rings (SSSR count). The van der Waals surface area contributed by atoms with Gasteiger partial charge in [0, 0.05) is 37.0 Å². The van der Waals surface area contributed by atoms with Gasteiger partial charge in [-0.1, -0.05) is 82.3 Å². The summed E-state index contributed by atoms with van der Waals surface area (Å²) in [6.07, 6.45) is 6.32. The lowest BCUT2D eigenvalue weighted by Crippen LogP contribution is -2.28. The standard InChI is InChI=1S/C34H44O3/c1-6-26-15-17-27(18-16-26)25(5)33(36)20-19-29-22-30(32(35)7-2)13-10-14-31(29)34(37)24(4)21-28-12-9-8-11-23(28)3/h8-9,11-12,15-18,25,29-31H,4,6-7,10,13-14,19-22H2,1-3,5H3. The van der Waals surface area contributed by atoms with E-state index in [0.29, 0.717) is 37.7 Å². The summed E-state index contributed by atoms with van der Waals surface area (Å²) >= 11 is 0. The number of carbonyl (C=O) groups is 3. The van der Waals surface area contributed by atoms with Crippen molar-refractivity contribution in [2.24, 2.45) is 17.8 Å². The molecule has 1 saturated carbocycles. The van der Waals surface area contributed by atoms with Crippen LogP contribution >= 0.6 is 0 Å². The fourth-order valence-corrected chi connectivity index (χ4v) is 5.87. The van der Waals surface area contributed by atoms with Gasteiger partial charge in [-0.25, -0.2) is 0 Å². The second kappa shape index (κ2) is 13.7. The van der Waals surface area contributed by atoms with Crippen molar-refractivity contribution in [3.05, 3.63) is 82.9 Å². The van der Waals surface area contributed by atoms with E-state index in [0.717, 1.165) is 42.4 Å². The number of rotatable bonds is 12. The highest BCUT2D eigenvalue weighted by Crippen LogP contribution is 2.38. The van der Waals surface area contributed by atoms with Crippen molar-refractivity contribution >= 4 is 17.3 Å². The predicted octanol–water partition coefficient (Wildman–Crippen LogP) is 7.78. The highest BCUT2D eigenvalue weighted by atomic mass is 16.1. The maximum Gasteiger partial charge on any atom is 0.161 e. The molecule has 0 aliphatic heterocycles. The van der Waals surface area contributed by atoms with E-state index < -0.39 is 0 Å². The molecule has 0 N–H and O–H groups in total. The molecule has 0 spiro atoms. The number of allylic oxidation sites excluding steroid dienone is 1. The second-order valence-corrected chi connectivity index (χ2v) is 10.9. The first-order chi connectivity index (χ1) is 17.7. The number of benzene rings is 2. The van der Waals surface area contributed by atoms with E-state index in [4.69, 9.17) is 0 Å². The Bertz CT molecular complexity index is 1090. The smallest absolute Gasteiger partial charge is 0.161 e. The van der Waals surface area contributed by atoms with Crippen molar-refractivity contribution < 1.29 is 14.4 Å². The van der Waals surface area contributed by atoms with Crippen LogP contribution in [0.15, 0.2) is 60.7 Å². The monoisotopic (exact) mass is 500 g/mol. The van der Waals surface area contributed by atoms with Gasteiger partial charge < -0.3 is 0 Å². The molecule has 4 unspecified atom stereocenters. The van der Waals surface area contributed by atoms with Crippen molar-refractivity contribution in [1.82, 2.24) is 0 Å². The summed E-state index contributed by atoms with van der Waals surface area (Å²) in [5.74, 6) is 0.292. The van der Waals surface area contributed by atoms with E-state index in [1.54, 1.807) is 0 Å². The van der Waals surface area contributed by atoms with Gasteiger partial charge in [-0.15, -0.1) is 0 Å². The molecule has 0 radical (unpaired) electrons. The second-order valence-electron chi connectivity index (χ2n) is 10.9. The van der Waals surface area contributed by atoms with Gasteiger partial charge >= 0.3 is 0 Å². The van der Waals surface area contributed by atoms with Gasteiger partial charge in [0.2, 0.25) is 0 Å². The number of carbonyl (C=O) groups excluding carboxylic acids is 3. The van der Waals surface area contributed by atoms with Crippen molar-refractivity contribution in [3.63, 3.8) is 0 Å². The first-order valence-electron chi connectivity index (χ1n) is 14.2. The molecule has 0 aromatic heterocycles. The minimum Gasteiger partial charge on any atom is -0.299 e. The van der Waals surface area contributed by atoms with E-state index in [1.807, 2.05) is 26.0 Å². The van der Waals surface area contributed by atoms with Crippen LogP contribution in [0.25, 0.3) is 0 Å². The zero-order valence-electron chi connectivity index (χ0n) is 23.2. The summed E-state index contributed by atoms with van der Waals surface area (Å²) < 4.78 is 0. The highest BCUT2D eigenvalue weighted by Gasteiger charge is 2.35. The molecule has 0 saturated heterocycles. The van der Waals surface area contributed by atoms with Crippen LogP contribution in [0.1, 0.15) is 93.9 Å². The Hall–Kier alpha value is -2.81. The maximum absolute atomic E-state index is 13.7. The van der Waals surface area contributed by atoms with Crippen molar-refractivity contribution in [2.45, 2.75) is 91.4 Å². The molecule has 0 bridgehead atoms. The fraction of sp³-hybridized carbons (Fsp3) is 0.500. The molecular formula is C34H44O3. The van der Waals surface area contributed by atoms with Crippen LogP contribution < -0.4 is 0 Å². The summed E-state index contributed by atoms with van der Waals surface area (Å²) in [4.78, 5) is 39.6. The van der Waals surface area contributed by atoms with Crippen LogP contribution in [-0.4, -0.2) is 17.3 Å². The minimum absolute atomic E-state index is 0.00783. The van der Waals surface area contributed by atoms with Gasteiger partial charge in [-0.3, -0.25) is 14.4 Å². The van der Waals surface area contributed by atoms with Crippen LogP contribution in [0.4, 0.5) is 0 Å². The molecule has 2 aromatic carbocycles. The quantitative estimate of drug-likeness (QED) is 0.221. The zero-order valence-corrected chi connectivity index (χ0v) is 23.2. The van der Waals surface area contributed by atoms with Gasteiger partial charge in [0.25, 0.3) is 0 Å². The van der Waals surface area contributed by atoms with E-state index in [9.17, 15) is 14.4 Å². The Morgan fingerprint density at radius 2 is 1.70 bits per heavy atom. The third-order valence-corrected chi connectivity index (χ3v) is 8.51. The average molecular weight is 501 g/mol. The number of hydrogen-bond acceptors (Lipinski definition) is 3. The first kappa shape index (κ1) is 28.8. The third kappa shape index (κ3) is 7.60. The summed E-state index contributed by atoms with van der Waals surface area (Å²) in [6.45, 7) is 12.3. The van der Waals surface area contributed by atoms with Crippen LogP contribution in [0.2, 0.25) is 0 Å². The molecule has 0 heterocycles. The van der Waals surface area contributed by atoms with Gasteiger partial charge in [-0.05, 0) is 72.8 Å². The normalized spacial score (nSPS) is 20.6. The van der Waals surface area contributed by atoms with Gasteiger partial charge in [-0.2, -0.15) is 0 Å². The van der Waals surface area contributed by atoms with Crippen molar-refractivity contribution in [2.75, 3.05) is 0 Å². The molecule has 3 heteroatoms. The van der Waals surface area contributed by atoms with E-state index in [2.05, 4.69) is 56.8 Å². The minimum atomic E-state index is -0.171. The summed E-state index contributed by atoms with van der Waals surface area (Å²) in [7, 11) is 0. The van der Waals surface area contributed by atoms with E-state index in [1.165, 1.54) is 5.56 Å². The molecule has 1 fully saturated rings. The fourth-order valence-electron chi connectivity index (χ4n) is 5.87. The predicted molar refractivity (Wildman–Crippen MR) is 152 cm³/mol. The lowest BCUT2D eigenvalue weighted by molar-refractivity contribution is -0.125. The van der Waals surface area contributed by atoms with Crippen LogP contribution in [0, 0.1) is 24.7 Å². The zero-order chi connectivity index (χ0) is 26.9. The van der Waals surface area contributed by atoms with E-state index >= 15 is 0 Å². The first-order valence-corrected chi connectivity index (χ1v) is 14.2. The largest absolute Gasteiger partial charge is 0.299 e. The van der Waals surface area contributed by atoms with Crippen molar-refractivity contribution in [1.29, 1.82) is 0 Å². The maximum atomic E-state index is 13.7. The van der Waals surface area contributed by atoms with Crippen LogP contribution in [0.5, 0.6) is 0 Å². The van der Waals surface area contributed by atoms with Crippen LogP contribution in [0.3, 0.4) is 0 Å². The molecular weight excluding hydrogens is 456 g/mol. The Labute approximate surface area is 223 Å². The summed E-state index contributed by atoms with van der Waals surface area (Å²) in [5.41, 5.74) is 5.24. The third-order valence-electron chi connectivity index (χ3n) is 8.51. The number of ketones is 3.